The summed E-state index contributed by atoms with van der Waals surface area (Å²) in [6, 6.07) is 23.8. The maximum atomic E-state index is 12.8. The molecule has 0 fully saturated rings. The van der Waals surface area contributed by atoms with Crippen LogP contribution in [0.2, 0.25) is 0 Å². The quantitative estimate of drug-likeness (QED) is 0.637. The van der Waals surface area contributed by atoms with E-state index in [4.69, 9.17) is 0 Å². The van der Waals surface area contributed by atoms with Crippen LogP contribution >= 0.6 is 0 Å². The fraction of sp³-hybridized carbons (Fsp3) is 0.182. The van der Waals surface area contributed by atoms with E-state index in [1.807, 2.05) is 36.4 Å². The van der Waals surface area contributed by atoms with Crippen molar-refractivity contribution in [2.24, 2.45) is 0 Å². The van der Waals surface area contributed by atoms with Crippen molar-refractivity contribution in [2.75, 3.05) is 11.9 Å². The normalized spacial score (nSPS) is 12.5. The lowest BCUT2D eigenvalue weighted by Crippen LogP contribution is -2.33. The highest BCUT2D eigenvalue weighted by Crippen LogP contribution is 2.20. The van der Waals surface area contributed by atoms with E-state index in [9.17, 15) is 8.42 Å². The van der Waals surface area contributed by atoms with Gasteiger partial charge < -0.3 is 5.32 Å². The Hall–Kier alpha value is -2.63. The maximum absolute atomic E-state index is 12.8. The molecule has 0 amide bonds. The molecule has 0 radical (unpaired) electrons. The minimum atomic E-state index is -3.62. The van der Waals surface area contributed by atoms with E-state index in [-0.39, 0.29) is 4.90 Å². The molecule has 0 spiro atoms. The summed E-state index contributed by atoms with van der Waals surface area (Å²) < 4.78 is 28.4. The molecule has 3 aromatic rings. The second-order valence-electron chi connectivity index (χ2n) is 6.58. The Morgan fingerprint density at radius 2 is 1.44 bits per heavy atom. The van der Waals surface area contributed by atoms with Gasteiger partial charge in [-0.15, -0.1) is 0 Å². The average molecular weight is 381 g/mol. The number of hydrogen-bond donors (Lipinski definition) is 2. The second kappa shape index (κ2) is 8.37. The Bertz CT molecular complexity index is 987. The van der Waals surface area contributed by atoms with Gasteiger partial charge in [0.25, 0.3) is 0 Å². The van der Waals surface area contributed by atoms with Gasteiger partial charge in [-0.3, -0.25) is 0 Å². The van der Waals surface area contributed by atoms with Gasteiger partial charge in [0, 0.05) is 12.2 Å². The third-order valence-corrected chi connectivity index (χ3v) is 6.06. The van der Waals surface area contributed by atoms with Gasteiger partial charge in [0.15, 0.2) is 0 Å². The molecule has 0 heterocycles. The van der Waals surface area contributed by atoms with Crippen LogP contribution in [0.15, 0.2) is 83.8 Å². The molecule has 4 nitrogen and oxygen atoms in total. The summed E-state index contributed by atoms with van der Waals surface area (Å²) in [7, 11) is -3.62. The van der Waals surface area contributed by atoms with Gasteiger partial charge in [-0.1, -0.05) is 54.6 Å². The van der Waals surface area contributed by atoms with Crippen LogP contribution in [0.1, 0.15) is 22.7 Å². The van der Waals surface area contributed by atoms with E-state index in [1.54, 1.807) is 30.3 Å². The summed E-state index contributed by atoms with van der Waals surface area (Å²) in [5, 5.41) is 3.36. The summed E-state index contributed by atoms with van der Waals surface area (Å²) in [5.41, 5.74) is 4.30. The van der Waals surface area contributed by atoms with Crippen molar-refractivity contribution in [1.29, 1.82) is 0 Å². The topological polar surface area (TPSA) is 58.2 Å². The molecule has 3 rings (SSSR count). The van der Waals surface area contributed by atoms with E-state index in [0.717, 1.165) is 11.3 Å². The molecule has 27 heavy (non-hydrogen) atoms. The number of hydrogen-bond acceptors (Lipinski definition) is 3. The fourth-order valence-corrected chi connectivity index (χ4v) is 4.08. The summed E-state index contributed by atoms with van der Waals surface area (Å²) >= 11 is 0. The van der Waals surface area contributed by atoms with E-state index in [0.29, 0.717) is 6.54 Å². The predicted molar refractivity (Wildman–Crippen MR) is 110 cm³/mol. The van der Waals surface area contributed by atoms with E-state index >= 15 is 0 Å². The van der Waals surface area contributed by atoms with Crippen LogP contribution < -0.4 is 10.0 Å². The van der Waals surface area contributed by atoms with Gasteiger partial charge in [-0.25, -0.2) is 13.1 Å². The molecule has 0 aliphatic rings. The Morgan fingerprint density at radius 1 is 0.815 bits per heavy atom. The van der Waals surface area contributed by atoms with Crippen LogP contribution in [0.25, 0.3) is 0 Å². The standard InChI is InChI=1S/C22H24N2O2S/c1-17-13-14-20(15-18(17)2)23-16-22(19-9-5-3-6-10-19)24-27(25,26)21-11-7-4-8-12-21/h3-15,22-24H,16H2,1-2H3/t22-/m0/s1. The Kier molecular flexibility index (Phi) is 5.94. The molecule has 0 aliphatic heterocycles. The molecular weight excluding hydrogens is 356 g/mol. The number of anilines is 1. The molecule has 0 saturated carbocycles. The number of rotatable bonds is 7. The number of nitrogens with one attached hydrogen (secondary N) is 2. The lowest BCUT2D eigenvalue weighted by molar-refractivity contribution is 0.562. The number of aryl methyl sites for hydroxylation is 2. The van der Waals surface area contributed by atoms with Crippen LogP contribution in [0, 0.1) is 13.8 Å². The zero-order valence-electron chi connectivity index (χ0n) is 15.5. The minimum absolute atomic E-state index is 0.261. The van der Waals surface area contributed by atoms with Crippen LogP contribution in [0.4, 0.5) is 5.69 Å². The molecule has 140 valence electrons. The third-order valence-electron chi connectivity index (χ3n) is 4.57. The van der Waals surface area contributed by atoms with Crippen molar-refractivity contribution in [3.05, 3.63) is 95.6 Å². The van der Waals surface area contributed by atoms with E-state index in [2.05, 4.69) is 36.0 Å². The first-order valence-electron chi connectivity index (χ1n) is 8.89. The molecule has 0 aliphatic carbocycles. The molecule has 0 aromatic heterocycles. The average Bonchev–Trinajstić information content (AvgIpc) is 2.69. The van der Waals surface area contributed by atoms with Crippen molar-refractivity contribution in [3.63, 3.8) is 0 Å². The zero-order chi connectivity index (χ0) is 19.3. The summed E-state index contributed by atoms with van der Waals surface area (Å²) in [6.07, 6.45) is 0. The first-order valence-corrected chi connectivity index (χ1v) is 10.4. The maximum Gasteiger partial charge on any atom is 0.241 e. The predicted octanol–water partition coefficient (Wildman–Crippen LogP) is 4.44. The molecule has 3 aromatic carbocycles. The molecule has 0 unspecified atom stereocenters. The van der Waals surface area contributed by atoms with Crippen LogP contribution in [-0.2, 0) is 10.0 Å². The van der Waals surface area contributed by atoms with Crippen molar-refractivity contribution in [1.82, 2.24) is 4.72 Å². The minimum Gasteiger partial charge on any atom is -0.383 e. The third kappa shape index (κ3) is 4.96. The second-order valence-corrected chi connectivity index (χ2v) is 8.29. The first kappa shape index (κ1) is 19.1. The Morgan fingerprint density at radius 3 is 2.07 bits per heavy atom. The van der Waals surface area contributed by atoms with Gasteiger partial charge in [0.1, 0.15) is 0 Å². The van der Waals surface area contributed by atoms with Gasteiger partial charge in [-0.2, -0.15) is 0 Å². The van der Waals surface area contributed by atoms with Gasteiger partial charge in [-0.05, 0) is 54.8 Å². The van der Waals surface area contributed by atoms with Crippen molar-refractivity contribution >= 4 is 15.7 Å². The SMILES string of the molecule is Cc1ccc(NC[C@H](NS(=O)(=O)c2ccccc2)c2ccccc2)cc1C. The van der Waals surface area contributed by atoms with Crippen LogP contribution in [-0.4, -0.2) is 15.0 Å². The molecule has 1 atom stereocenters. The monoisotopic (exact) mass is 380 g/mol. The van der Waals surface area contributed by atoms with E-state index in [1.165, 1.54) is 11.1 Å². The smallest absolute Gasteiger partial charge is 0.241 e. The van der Waals surface area contributed by atoms with Gasteiger partial charge in [0.2, 0.25) is 10.0 Å². The van der Waals surface area contributed by atoms with Crippen molar-refractivity contribution in [2.45, 2.75) is 24.8 Å². The Labute approximate surface area is 161 Å². The molecule has 0 bridgehead atoms. The largest absolute Gasteiger partial charge is 0.383 e. The first-order chi connectivity index (χ1) is 13.0. The lowest BCUT2D eigenvalue weighted by atomic mass is 10.1. The van der Waals surface area contributed by atoms with Crippen LogP contribution in [0.5, 0.6) is 0 Å². The fourth-order valence-electron chi connectivity index (χ4n) is 2.84. The zero-order valence-corrected chi connectivity index (χ0v) is 16.3. The molecule has 2 N–H and O–H groups in total. The highest BCUT2D eigenvalue weighted by atomic mass is 32.2. The Balaban J connectivity index is 1.82. The highest BCUT2D eigenvalue weighted by molar-refractivity contribution is 7.89. The summed E-state index contributed by atoms with van der Waals surface area (Å²) in [6.45, 7) is 4.58. The highest BCUT2D eigenvalue weighted by Gasteiger charge is 2.21. The molecular formula is C22H24N2O2S. The summed E-state index contributed by atoms with van der Waals surface area (Å²) in [5.74, 6) is 0. The lowest BCUT2D eigenvalue weighted by Gasteiger charge is -2.21. The van der Waals surface area contributed by atoms with Crippen molar-refractivity contribution < 1.29 is 8.42 Å². The van der Waals surface area contributed by atoms with E-state index < -0.39 is 16.1 Å². The van der Waals surface area contributed by atoms with Gasteiger partial charge >= 0.3 is 0 Å². The van der Waals surface area contributed by atoms with Crippen molar-refractivity contribution in [3.8, 4) is 0 Å². The summed E-state index contributed by atoms with van der Waals surface area (Å²) in [4.78, 5) is 0.261. The van der Waals surface area contributed by atoms with Gasteiger partial charge in [0.05, 0.1) is 10.9 Å². The molecule has 0 saturated heterocycles. The number of sulfonamides is 1. The molecule has 5 heteroatoms. The number of benzene rings is 3. The van der Waals surface area contributed by atoms with Crippen LogP contribution in [0.3, 0.4) is 0 Å².